The summed E-state index contributed by atoms with van der Waals surface area (Å²) >= 11 is 0. The van der Waals surface area contributed by atoms with Crippen LogP contribution in [0.5, 0.6) is 5.75 Å². The van der Waals surface area contributed by atoms with Gasteiger partial charge >= 0.3 is 6.61 Å². The lowest BCUT2D eigenvalue weighted by Gasteiger charge is -2.38. The van der Waals surface area contributed by atoms with Crippen molar-refractivity contribution in [3.05, 3.63) is 29.8 Å². The Morgan fingerprint density at radius 1 is 0.821 bits per heavy atom. The maximum absolute atomic E-state index is 12.3. The molecule has 2 aliphatic rings. The normalized spacial score (nSPS) is 28.4. The predicted octanol–water partition coefficient (Wildman–Crippen LogP) is 8.34. The first-order chi connectivity index (χ1) is 13.7. The number of hydrogen-bond acceptors (Lipinski definition) is 1. The highest BCUT2D eigenvalue weighted by Gasteiger charge is 2.31. The number of ether oxygens (including phenoxy) is 1. The summed E-state index contributed by atoms with van der Waals surface area (Å²) < 4.78 is 29.0. The second kappa shape index (κ2) is 11.2. The van der Waals surface area contributed by atoms with Gasteiger partial charge in [0.05, 0.1) is 0 Å². The summed E-state index contributed by atoms with van der Waals surface area (Å²) in [5.41, 5.74) is 1.29. The topological polar surface area (TPSA) is 9.23 Å². The summed E-state index contributed by atoms with van der Waals surface area (Å²) in [7, 11) is 0. The fourth-order valence-corrected chi connectivity index (χ4v) is 5.65. The van der Waals surface area contributed by atoms with Gasteiger partial charge in [-0.3, -0.25) is 0 Å². The molecule has 2 saturated carbocycles. The molecular weight excluding hydrogens is 354 g/mol. The molecule has 28 heavy (non-hydrogen) atoms. The van der Waals surface area contributed by atoms with Gasteiger partial charge in [-0.05, 0) is 79.9 Å². The summed E-state index contributed by atoms with van der Waals surface area (Å²) in [5.74, 6) is 3.72. The number of alkyl halides is 2. The Morgan fingerprint density at radius 3 is 2.00 bits per heavy atom. The highest BCUT2D eigenvalue weighted by atomic mass is 19.3. The fraction of sp³-hybridized carbons (Fsp3) is 0.760. The molecule has 0 unspecified atom stereocenters. The molecule has 0 aromatic heterocycles. The zero-order chi connectivity index (χ0) is 19.8. The lowest BCUT2D eigenvalue weighted by Crippen LogP contribution is -2.25. The van der Waals surface area contributed by atoms with E-state index in [2.05, 4.69) is 11.7 Å². The Bertz CT molecular complexity index is 540. The minimum absolute atomic E-state index is 0.263. The molecule has 0 spiro atoms. The van der Waals surface area contributed by atoms with Gasteiger partial charge in [-0.1, -0.05) is 64.0 Å². The number of unbranched alkanes of at least 4 members (excludes halogenated alkanes) is 3. The van der Waals surface area contributed by atoms with Crippen molar-refractivity contribution < 1.29 is 13.5 Å². The van der Waals surface area contributed by atoms with Gasteiger partial charge in [-0.25, -0.2) is 0 Å². The Morgan fingerprint density at radius 2 is 1.43 bits per heavy atom. The lowest BCUT2D eigenvalue weighted by atomic mass is 9.68. The van der Waals surface area contributed by atoms with E-state index >= 15 is 0 Å². The van der Waals surface area contributed by atoms with Gasteiger partial charge in [0.2, 0.25) is 0 Å². The third-order valence-corrected chi connectivity index (χ3v) is 7.37. The molecule has 0 saturated heterocycles. The molecule has 2 fully saturated rings. The quantitative estimate of drug-likeness (QED) is 0.384. The molecule has 0 aliphatic heterocycles. The fourth-order valence-electron chi connectivity index (χ4n) is 5.65. The van der Waals surface area contributed by atoms with Crippen LogP contribution in [-0.2, 0) is 0 Å². The second-order valence-electron chi connectivity index (χ2n) is 9.19. The molecule has 0 bridgehead atoms. The average Bonchev–Trinajstić information content (AvgIpc) is 2.72. The molecule has 1 nitrogen and oxygen atoms in total. The van der Waals surface area contributed by atoms with Crippen molar-refractivity contribution >= 4 is 0 Å². The highest BCUT2D eigenvalue weighted by molar-refractivity contribution is 5.29. The van der Waals surface area contributed by atoms with Crippen molar-refractivity contribution in [2.75, 3.05) is 0 Å². The minimum Gasteiger partial charge on any atom is -0.435 e. The lowest BCUT2D eigenvalue weighted by molar-refractivity contribution is -0.0498. The third kappa shape index (κ3) is 6.46. The molecule has 1 aromatic carbocycles. The van der Waals surface area contributed by atoms with Crippen molar-refractivity contribution in [3.8, 4) is 5.75 Å². The Hall–Kier alpha value is -1.12. The summed E-state index contributed by atoms with van der Waals surface area (Å²) in [6, 6.07) is 7.34. The van der Waals surface area contributed by atoms with E-state index in [9.17, 15) is 8.78 Å². The van der Waals surface area contributed by atoms with Crippen LogP contribution in [0.4, 0.5) is 8.78 Å². The van der Waals surface area contributed by atoms with Gasteiger partial charge in [0.15, 0.2) is 0 Å². The molecular formula is C25H38F2O. The van der Waals surface area contributed by atoms with Gasteiger partial charge in [-0.2, -0.15) is 8.78 Å². The van der Waals surface area contributed by atoms with E-state index in [0.29, 0.717) is 5.92 Å². The smallest absolute Gasteiger partial charge is 0.387 e. The molecule has 0 radical (unpaired) electrons. The number of rotatable bonds is 9. The van der Waals surface area contributed by atoms with Gasteiger partial charge in [-0.15, -0.1) is 0 Å². The van der Waals surface area contributed by atoms with Crippen molar-refractivity contribution in [1.82, 2.24) is 0 Å². The highest BCUT2D eigenvalue weighted by Crippen LogP contribution is 2.44. The van der Waals surface area contributed by atoms with Crippen molar-refractivity contribution in [2.24, 2.45) is 17.8 Å². The van der Waals surface area contributed by atoms with Crippen LogP contribution in [0.15, 0.2) is 24.3 Å². The third-order valence-electron chi connectivity index (χ3n) is 7.37. The molecule has 0 heterocycles. The zero-order valence-electron chi connectivity index (χ0n) is 17.6. The molecule has 158 valence electrons. The SMILES string of the molecule is CCCCCC[C@H]1CC[C@H]([C@H]2CC[C@H](c3ccc(OC(F)F)cc3)CC2)CC1. The van der Waals surface area contributed by atoms with E-state index in [1.54, 1.807) is 12.1 Å². The first-order valence-electron chi connectivity index (χ1n) is 11.7. The van der Waals surface area contributed by atoms with Crippen molar-refractivity contribution in [3.63, 3.8) is 0 Å². The Kier molecular flexibility index (Phi) is 8.61. The largest absolute Gasteiger partial charge is 0.435 e. The van der Waals surface area contributed by atoms with E-state index in [1.807, 2.05) is 12.1 Å². The van der Waals surface area contributed by atoms with Crippen LogP contribution < -0.4 is 4.74 Å². The molecule has 3 rings (SSSR count). The van der Waals surface area contributed by atoms with E-state index in [4.69, 9.17) is 0 Å². The van der Waals surface area contributed by atoms with Crippen molar-refractivity contribution in [1.29, 1.82) is 0 Å². The average molecular weight is 393 g/mol. The van der Waals surface area contributed by atoms with E-state index in [1.165, 1.54) is 89.0 Å². The van der Waals surface area contributed by atoms with E-state index in [0.717, 1.165) is 17.8 Å². The van der Waals surface area contributed by atoms with Crippen LogP contribution in [0.2, 0.25) is 0 Å². The number of hydrogen-bond donors (Lipinski definition) is 0. The van der Waals surface area contributed by atoms with Gasteiger partial charge < -0.3 is 4.74 Å². The van der Waals surface area contributed by atoms with E-state index in [-0.39, 0.29) is 5.75 Å². The molecule has 0 N–H and O–H groups in total. The predicted molar refractivity (Wildman–Crippen MR) is 112 cm³/mol. The van der Waals surface area contributed by atoms with Crippen molar-refractivity contribution in [2.45, 2.75) is 103 Å². The summed E-state index contributed by atoms with van der Waals surface area (Å²) in [6.07, 6.45) is 18.1. The minimum atomic E-state index is -2.74. The first-order valence-corrected chi connectivity index (χ1v) is 11.7. The van der Waals surface area contributed by atoms with Crippen LogP contribution in [0.3, 0.4) is 0 Å². The monoisotopic (exact) mass is 392 g/mol. The maximum Gasteiger partial charge on any atom is 0.387 e. The van der Waals surface area contributed by atoms with Crippen LogP contribution in [0.1, 0.15) is 102 Å². The van der Waals surface area contributed by atoms with Gasteiger partial charge in [0.25, 0.3) is 0 Å². The maximum atomic E-state index is 12.3. The summed E-state index contributed by atoms with van der Waals surface area (Å²) in [6.45, 7) is -0.454. The van der Waals surface area contributed by atoms with Crippen LogP contribution in [0.25, 0.3) is 0 Å². The second-order valence-corrected chi connectivity index (χ2v) is 9.19. The zero-order valence-corrected chi connectivity index (χ0v) is 17.6. The number of halogens is 2. The molecule has 3 heteroatoms. The Labute approximate surface area is 170 Å². The van der Waals surface area contributed by atoms with E-state index < -0.39 is 6.61 Å². The molecule has 0 amide bonds. The standard InChI is InChI=1S/C25H38F2O/c1-2-3-4-5-6-19-7-9-20(10-8-19)21-11-13-22(14-12-21)23-15-17-24(18-16-23)28-25(26)27/h15-22,25H,2-14H2,1H3/t19-,20-,21-,22-. The van der Waals surface area contributed by atoms with Gasteiger partial charge in [0, 0.05) is 0 Å². The first kappa shape index (κ1) is 21.6. The number of benzene rings is 1. The Balaban J connectivity index is 1.37. The van der Waals surface area contributed by atoms with Crippen LogP contribution >= 0.6 is 0 Å². The van der Waals surface area contributed by atoms with Crippen LogP contribution in [-0.4, -0.2) is 6.61 Å². The summed E-state index contributed by atoms with van der Waals surface area (Å²) in [5, 5.41) is 0. The molecule has 2 aliphatic carbocycles. The summed E-state index contributed by atoms with van der Waals surface area (Å²) in [4.78, 5) is 0. The van der Waals surface area contributed by atoms with Gasteiger partial charge in [0.1, 0.15) is 5.75 Å². The van der Waals surface area contributed by atoms with Crippen LogP contribution in [0, 0.1) is 17.8 Å². The molecule has 1 aromatic rings. The molecule has 0 atom stereocenters.